The molecule has 0 unspecified atom stereocenters. The maximum atomic E-state index is 13.3. The van der Waals surface area contributed by atoms with Gasteiger partial charge in [-0.2, -0.15) is 0 Å². The van der Waals surface area contributed by atoms with Crippen molar-refractivity contribution in [3.05, 3.63) is 82.9 Å². The van der Waals surface area contributed by atoms with Crippen LogP contribution >= 0.6 is 11.9 Å². The third-order valence-corrected chi connectivity index (χ3v) is 7.96. The van der Waals surface area contributed by atoms with Crippen molar-refractivity contribution >= 4 is 23.7 Å². The smallest absolute Gasteiger partial charge is 0.322 e. The third kappa shape index (κ3) is 4.22. The number of aryl methyl sites for hydroxylation is 1. The van der Waals surface area contributed by atoms with Crippen LogP contribution in [-0.4, -0.2) is 17.7 Å². The average Bonchev–Trinajstić information content (AvgIpc) is 3.48. The predicted molar refractivity (Wildman–Crippen MR) is 139 cm³/mol. The number of amides is 2. The maximum Gasteiger partial charge on any atom is 0.322 e. The number of nitrogens with zero attached hydrogens (tertiary/aromatic N) is 1. The van der Waals surface area contributed by atoms with E-state index in [2.05, 4.69) is 36.5 Å². The molecule has 1 aliphatic carbocycles. The van der Waals surface area contributed by atoms with E-state index in [0.717, 1.165) is 46.7 Å². The van der Waals surface area contributed by atoms with E-state index in [0.29, 0.717) is 6.54 Å². The van der Waals surface area contributed by atoms with Crippen LogP contribution in [0.4, 0.5) is 10.5 Å². The Morgan fingerprint density at radius 1 is 1.06 bits per heavy atom. The molecule has 0 radical (unpaired) electrons. The quantitative estimate of drug-likeness (QED) is 0.418. The number of benzene rings is 3. The highest BCUT2D eigenvalue weighted by molar-refractivity contribution is 7.97. The van der Waals surface area contributed by atoms with Crippen molar-refractivity contribution in [2.75, 3.05) is 11.4 Å². The number of hydrogen-bond donors (Lipinski definition) is 3. The Morgan fingerprint density at radius 3 is 2.47 bits per heavy atom. The molecule has 0 aromatic heterocycles. The summed E-state index contributed by atoms with van der Waals surface area (Å²) in [5, 5.41) is 18.2. The first-order chi connectivity index (χ1) is 16.5. The monoisotopic (exact) mass is 473 g/mol. The summed E-state index contributed by atoms with van der Waals surface area (Å²) in [4.78, 5) is 16.2. The lowest BCUT2D eigenvalue weighted by atomic mass is 9.79. The number of carbonyl (C=O) groups excluding carboxylic acids is 1. The van der Waals surface area contributed by atoms with Crippen LogP contribution in [0.2, 0.25) is 0 Å². The molecule has 1 fully saturated rings. The van der Waals surface area contributed by atoms with E-state index in [1.54, 1.807) is 0 Å². The SMILES string of the molecule is Cc1cc(CO)ccc1-c1ccc2c(c1)C1(CCCC1)CN2C(=O)NCc1ccc(SN)cc1. The largest absolute Gasteiger partial charge is 0.392 e. The standard InChI is InChI=1S/C28H31N3O2S/c1-19-14-21(17-32)6-10-24(19)22-7-11-26-25(15-22)28(12-2-3-13-28)18-31(26)27(33)30-16-20-4-8-23(34-29)9-5-20/h4-11,14-15,32H,2-3,12-13,16-18,29H2,1H3,(H,30,33). The van der Waals surface area contributed by atoms with E-state index in [1.807, 2.05) is 41.3 Å². The molecule has 3 aromatic rings. The van der Waals surface area contributed by atoms with Crippen molar-refractivity contribution in [3.63, 3.8) is 0 Å². The van der Waals surface area contributed by atoms with Crippen molar-refractivity contribution < 1.29 is 9.90 Å². The first-order valence-corrected chi connectivity index (χ1v) is 12.8. The highest BCUT2D eigenvalue weighted by atomic mass is 32.2. The molecule has 5 rings (SSSR count). The predicted octanol–water partition coefficient (Wildman–Crippen LogP) is 5.66. The fourth-order valence-electron chi connectivity index (χ4n) is 5.60. The lowest BCUT2D eigenvalue weighted by Crippen LogP contribution is -2.41. The van der Waals surface area contributed by atoms with Crippen LogP contribution in [0, 0.1) is 6.92 Å². The molecule has 1 spiro atoms. The number of nitrogens with one attached hydrogen (secondary N) is 1. The Balaban J connectivity index is 1.42. The van der Waals surface area contributed by atoms with Crippen molar-refractivity contribution in [1.29, 1.82) is 0 Å². The molecule has 3 aromatic carbocycles. The van der Waals surface area contributed by atoms with E-state index in [-0.39, 0.29) is 18.1 Å². The molecule has 4 N–H and O–H groups in total. The molecular formula is C28H31N3O2S. The maximum absolute atomic E-state index is 13.3. The molecule has 1 saturated carbocycles. The van der Waals surface area contributed by atoms with Crippen molar-refractivity contribution in [2.45, 2.75) is 56.1 Å². The topological polar surface area (TPSA) is 78.6 Å². The second-order valence-corrected chi connectivity index (χ2v) is 10.2. The van der Waals surface area contributed by atoms with E-state index < -0.39 is 0 Å². The van der Waals surface area contributed by atoms with Crippen LogP contribution in [0.5, 0.6) is 0 Å². The van der Waals surface area contributed by atoms with Gasteiger partial charge in [0, 0.05) is 29.1 Å². The Kier molecular flexibility index (Phi) is 6.38. The summed E-state index contributed by atoms with van der Waals surface area (Å²) < 4.78 is 0. The van der Waals surface area contributed by atoms with Crippen LogP contribution in [0.3, 0.4) is 0 Å². The van der Waals surface area contributed by atoms with Gasteiger partial charge in [-0.25, -0.2) is 4.79 Å². The zero-order valence-corrected chi connectivity index (χ0v) is 20.3. The summed E-state index contributed by atoms with van der Waals surface area (Å²) in [7, 11) is 0. The zero-order valence-electron chi connectivity index (χ0n) is 19.5. The van der Waals surface area contributed by atoms with Gasteiger partial charge in [-0.1, -0.05) is 49.2 Å². The van der Waals surface area contributed by atoms with Gasteiger partial charge in [-0.15, -0.1) is 0 Å². The first kappa shape index (κ1) is 23.0. The van der Waals surface area contributed by atoms with Gasteiger partial charge in [0.25, 0.3) is 0 Å². The van der Waals surface area contributed by atoms with Gasteiger partial charge in [-0.3, -0.25) is 10.0 Å². The number of carbonyl (C=O) groups is 1. The fourth-order valence-corrected chi connectivity index (χ4v) is 5.90. The molecular weight excluding hydrogens is 442 g/mol. The highest BCUT2D eigenvalue weighted by Crippen LogP contribution is 2.51. The van der Waals surface area contributed by atoms with Crippen LogP contribution in [0.1, 0.15) is 47.9 Å². The van der Waals surface area contributed by atoms with Crippen LogP contribution < -0.4 is 15.4 Å². The van der Waals surface area contributed by atoms with Gasteiger partial charge in [-0.05, 0) is 89.4 Å². The van der Waals surface area contributed by atoms with Gasteiger partial charge in [0.2, 0.25) is 0 Å². The normalized spacial score (nSPS) is 16.1. The average molecular weight is 474 g/mol. The Bertz CT molecular complexity index is 1200. The molecule has 0 bridgehead atoms. The minimum absolute atomic E-state index is 0.0430. The lowest BCUT2D eigenvalue weighted by Gasteiger charge is -2.25. The summed E-state index contributed by atoms with van der Waals surface area (Å²) in [6.45, 7) is 3.37. The Labute approximate surface area is 205 Å². The van der Waals surface area contributed by atoms with Gasteiger partial charge in [0.15, 0.2) is 0 Å². The number of hydrogen-bond acceptors (Lipinski definition) is 4. The van der Waals surface area contributed by atoms with Crippen molar-refractivity contribution in [2.24, 2.45) is 5.14 Å². The number of fused-ring (bicyclic) bond motifs is 2. The summed E-state index contributed by atoms with van der Waals surface area (Å²) in [5.74, 6) is 0. The Morgan fingerprint density at radius 2 is 1.79 bits per heavy atom. The molecule has 0 atom stereocenters. The van der Waals surface area contributed by atoms with Gasteiger partial charge < -0.3 is 10.4 Å². The number of urea groups is 1. The molecule has 0 saturated heterocycles. The fraction of sp³-hybridized carbons (Fsp3) is 0.321. The summed E-state index contributed by atoms with van der Waals surface area (Å²) >= 11 is 1.22. The summed E-state index contributed by atoms with van der Waals surface area (Å²) in [6.07, 6.45) is 4.64. The number of aliphatic hydroxyl groups is 1. The molecule has 5 nitrogen and oxygen atoms in total. The van der Waals surface area contributed by atoms with Gasteiger partial charge in [0.1, 0.15) is 0 Å². The second kappa shape index (κ2) is 9.45. The number of rotatable bonds is 5. The van der Waals surface area contributed by atoms with Crippen molar-refractivity contribution in [3.8, 4) is 11.1 Å². The first-order valence-electron chi connectivity index (χ1n) is 11.9. The van der Waals surface area contributed by atoms with Gasteiger partial charge >= 0.3 is 6.03 Å². The van der Waals surface area contributed by atoms with Crippen molar-refractivity contribution in [1.82, 2.24) is 5.32 Å². The van der Waals surface area contributed by atoms with E-state index in [1.165, 1.54) is 41.5 Å². The van der Waals surface area contributed by atoms with Gasteiger partial charge in [0.05, 0.1) is 6.61 Å². The zero-order chi connectivity index (χ0) is 23.7. The minimum Gasteiger partial charge on any atom is -0.392 e. The van der Waals surface area contributed by atoms with Crippen LogP contribution in [-0.2, 0) is 18.6 Å². The molecule has 2 aliphatic rings. The Hall–Kier alpha value is -2.80. The summed E-state index contributed by atoms with van der Waals surface area (Å²) in [5.41, 5.74) is 7.85. The highest BCUT2D eigenvalue weighted by Gasteiger charge is 2.46. The summed E-state index contributed by atoms with van der Waals surface area (Å²) in [6, 6.07) is 20.6. The molecule has 6 heteroatoms. The van der Waals surface area contributed by atoms with E-state index >= 15 is 0 Å². The third-order valence-electron chi connectivity index (χ3n) is 7.41. The number of nitrogens with two attached hydrogens (primary N) is 1. The van der Waals surface area contributed by atoms with Crippen LogP contribution in [0.15, 0.2) is 65.6 Å². The molecule has 1 heterocycles. The van der Waals surface area contributed by atoms with E-state index in [4.69, 9.17) is 5.14 Å². The lowest BCUT2D eigenvalue weighted by molar-refractivity contribution is 0.245. The molecule has 34 heavy (non-hydrogen) atoms. The van der Waals surface area contributed by atoms with E-state index in [9.17, 15) is 9.90 Å². The van der Waals surface area contributed by atoms with Crippen LogP contribution in [0.25, 0.3) is 11.1 Å². The number of anilines is 1. The minimum atomic E-state index is -0.0430. The molecule has 2 amide bonds. The number of aliphatic hydroxyl groups excluding tert-OH is 1. The molecule has 1 aliphatic heterocycles. The molecule has 176 valence electrons. The second-order valence-electron chi connectivity index (χ2n) is 9.53.